The van der Waals surface area contributed by atoms with Crippen LogP contribution in [-0.2, 0) is 15.0 Å². The normalized spacial score (nSPS) is 25.0. The lowest BCUT2D eigenvalue weighted by Crippen LogP contribution is -2.54. The van der Waals surface area contributed by atoms with E-state index in [1.807, 2.05) is 20.8 Å². The van der Waals surface area contributed by atoms with Gasteiger partial charge in [-0.2, -0.15) is 17.0 Å². The standard InChI is InChI=1S/C14H27N3O3S2/c1-10(2)15(4)14(18)13-8-21-9-17(13)22(19,20)16(5)11(3)12-6-7-12/h10-13H,6-9H2,1-5H3. The van der Waals surface area contributed by atoms with E-state index < -0.39 is 16.3 Å². The molecule has 1 aliphatic heterocycles. The molecule has 8 heteroatoms. The van der Waals surface area contributed by atoms with Crippen LogP contribution in [-0.4, -0.2) is 71.7 Å². The van der Waals surface area contributed by atoms with Gasteiger partial charge in [0, 0.05) is 31.9 Å². The Morgan fingerprint density at radius 2 is 1.82 bits per heavy atom. The van der Waals surface area contributed by atoms with Crippen molar-refractivity contribution in [3.8, 4) is 0 Å². The van der Waals surface area contributed by atoms with Crippen molar-refractivity contribution in [3.05, 3.63) is 0 Å². The van der Waals surface area contributed by atoms with Crippen molar-refractivity contribution >= 4 is 27.9 Å². The van der Waals surface area contributed by atoms with Crippen LogP contribution in [0.3, 0.4) is 0 Å². The average Bonchev–Trinajstić information content (AvgIpc) is 3.19. The summed E-state index contributed by atoms with van der Waals surface area (Å²) in [7, 11) is -0.231. The Morgan fingerprint density at radius 3 is 2.32 bits per heavy atom. The van der Waals surface area contributed by atoms with Gasteiger partial charge in [-0.15, -0.1) is 11.8 Å². The van der Waals surface area contributed by atoms with Crippen molar-refractivity contribution < 1.29 is 13.2 Å². The Hall–Kier alpha value is -0.310. The van der Waals surface area contributed by atoms with Crippen molar-refractivity contribution in [1.82, 2.24) is 13.5 Å². The van der Waals surface area contributed by atoms with Gasteiger partial charge < -0.3 is 4.90 Å². The Bertz CT molecular complexity index is 519. The van der Waals surface area contributed by atoms with Crippen LogP contribution in [0.5, 0.6) is 0 Å². The Labute approximate surface area is 138 Å². The van der Waals surface area contributed by atoms with Crippen LogP contribution < -0.4 is 0 Å². The summed E-state index contributed by atoms with van der Waals surface area (Å²) in [6.07, 6.45) is 2.18. The van der Waals surface area contributed by atoms with Crippen LogP contribution in [0.2, 0.25) is 0 Å². The summed E-state index contributed by atoms with van der Waals surface area (Å²) >= 11 is 1.50. The van der Waals surface area contributed by atoms with E-state index in [1.54, 1.807) is 19.0 Å². The summed E-state index contributed by atoms with van der Waals surface area (Å²) < 4.78 is 28.6. The predicted octanol–water partition coefficient (Wildman–Crippen LogP) is 1.20. The highest BCUT2D eigenvalue weighted by Crippen LogP contribution is 2.37. The third-order valence-corrected chi connectivity index (χ3v) is 8.00. The van der Waals surface area contributed by atoms with Gasteiger partial charge in [0.15, 0.2) is 0 Å². The molecule has 1 saturated carbocycles. The fourth-order valence-electron chi connectivity index (χ4n) is 2.59. The molecule has 2 unspecified atom stereocenters. The molecule has 1 saturated heterocycles. The molecule has 1 amide bonds. The number of hydrogen-bond acceptors (Lipinski definition) is 4. The molecule has 0 aromatic rings. The number of amides is 1. The highest BCUT2D eigenvalue weighted by atomic mass is 32.2. The molecule has 2 atom stereocenters. The fourth-order valence-corrected chi connectivity index (χ4v) is 5.86. The van der Waals surface area contributed by atoms with Crippen molar-refractivity contribution in [1.29, 1.82) is 0 Å². The SMILES string of the molecule is CC(C)N(C)C(=O)C1CSCN1S(=O)(=O)N(C)C(C)C1CC1. The molecule has 2 aliphatic rings. The quantitative estimate of drug-likeness (QED) is 0.723. The van der Waals surface area contributed by atoms with E-state index >= 15 is 0 Å². The number of rotatable bonds is 6. The van der Waals surface area contributed by atoms with E-state index in [1.165, 1.54) is 20.4 Å². The Morgan fingerprint density at radius 1 is 1.23 bits per heavy atom. The molecule has 0 spiro atoms. The lowest BCUT2D eigenvalue weighted by molar-refractivity contribution is -0.134. The van der Waals surface area contributed by atoms with Crippen LogP contribution in [0.4, 0.5) is 0 Å². The topological polar surface area (TPSA) is 60.9 Å². The first-order chi connectivity index (χ1) is 10.2. The van der Waals surface area contributed by atoms with Gasteiger partial charge in [0.05, 0.1) is 5.88 Å². The van der Waals surface area contributed by atoms with Crippen LogP contribution in [0, 0.1) is 5.92 Å². The zero-order chi connectivity index (χ0) is 16.7. The molecule has 0 radical (unpaired) electrons. The molecule has 2 rings (SSSR count). The Balaban J connectivity index is 2.16. The molecule has 0 N–H and O–H groups in total. The predicted molar refractivity (Wildman–Crippen MR) is 89.7 cm³/mol. The molecule has 128 valence electrons. The third kappa shape index (κ3) is 3.44. The lowest BCUT2D eigenvalue weighted by atomic mass is 10.2. The molecule has 1 heterocycles. The largest absolute Gasteiger partial charge is 0.342 e. The molecule has 0 aromatic heterocycles. The third-order valence-electron chi connectivity index (χ3n) is 4.79. The smallest absolute Gasteiger partial charge is 0.283 e. The summed E-state index contributed by atoms with van der Waals surface area (Å²) in [6.45, 7) is 5.82. The number of nitrogens with zero attached hydrogens (tertiary/aromatic N) is 3. The molecule has 0 bridgehead atoms. The summed E-state index contributed by atoms with van der Waals surface area (Å²) in [5, 5.41) is 0. The highest BCUT2D eigenvalue weighted by molar-refractivity contribution is 8.00. The van der Waals surface area contributed by atoms with Gasteiger partial charge in [0.25, 0.3) is 10.2 Å². The van der Waals surface area contributed by atoms with Gasteiger partial charge >= 0.3 is 0 Å². The van der Waals surface area contributed by atoms with Crippen LogP contribution in [0.1, 0.15) is 33.6 Å². The fraction of sp³-hybridized carbons (Fsp3) is 0.929. The van der Waals surface area contributed by atoms with Crippen molar-refractivity contribution in [2.24, 2.45) is 5.92 Å². The van der Waals surface area contributed by atoms with Gasteiger partial charge in [-0.05, 0) is 39.5 Å². The van der Waals surface area contributed by atoms with E-state index in [0.717, 1.165) is 12.8 Å². The minimum Gasteiger partial charge on any atom is -0.342 e. The van der Waals surface area contributed by atoms with Crippen molar-refractivity contribution in [3.63, 3.8) is 0 Å². The summed E-state index contributed by atoms with van der Waals surface area (Å²) in [6, 6.07) is -0.531. The van der Waals surface area contributed by atoms with Crippen LogP contribution in [0.25, 0.3) is 0 Å². The van der Waals surface area contributed by atoms with E-state index in [0.29, 0.717) is 17.5 Å². The number of carbonyl (C=O) groups excluding carboxylic acids is 1. The van der Waals surface area contributed by atoms with Crippen LogP contribution >= 0.6 is 11.8 Å². The first-order valence-electron chi connectivity index (χ1n) is 7.77. The van der Waals surface area contributed by atoms with Crippen LogP contribution in [0.15, 0.2) is 0 Å². The number of carbonyl (C=O) groups is 1. The minimum absolute atomic E-state index is 0.00539. The second-order valence-electron chi connectivity index (χ2n) is 6.55. The zero-order valence-electron chi connectivity index (χ0n) is 14.0. The highest BCUT2D eigenvalue weighted by Gasteiger charge is 2.45. The molecule has 6 nitrogen and oxygen atoms in total. The maximum atomic E-state index is 12.9. The lowest BCUT2D eigenvalue weighted by Gasteiger charge is -2.33. The van der Waals surface area contributed by atoms with Crippen molar-refractivity contribution in [2.45, 2.75) is 51.7 Å². The first kappa shape index (κ1) is 18.0. The second-order valence-corrected chi connectivity index (χ2v) is 9.49. The van der Waals surface area contributed by atoms with E-state index in [2.05, 4.69) is 0 Å². The maximum absolute atomic E-state index is 12.9. The molecule has 0 aromatic carbocycles. The van der Waals surface area contributed by atoms with E-state index in [9.17, 15) is 13.2 Å². The second kappa shape index (κ2) is 6.67. The average molecular weight is 350 g/mol. The van der Waals surface area contributed by atoms with Gasteiger partial charge in [-0.1, -0.05) is 0 Å². The number of hydrogen-bond donors (Lipinski definition) is 0. The molecule has 2 fully saturated rings. The van der Waals surface area contributed by atoms with Gasteiger partial charge in [-0.3, -0.25) is 4.79 Å². The Kier molecular flexibility index (Phi) is 5.46. The van der Waals surface area contributed by atoms with E-state index in [-0.39, 0.29) is 18.0 Å². The molecular formula is C14H27N3O3S2. The maximum Gasteiger partial charge on any atom is 0.283 e. The number of thioether (sulfide) groups is 1. The van der Waals surface area contributed by atoms with Gasteiger partial charge in [0.1, 0.15) is 6.04 Å². The summed E-state index contributed by atoms with van der Waals surface area (Å²) in [5.41, 5.74) is 0. The van der Waals surface area contributed by atoms with Crippen molar-refractivity contribution in [2.75, 3.05) is 25.7 Å². The van der Waals surface area contributed by atoms with Gasteiger partial charge in [-0.25, -0.2) is 0 Å². The van der Waals surface area contributed by atoms with E-state index in [4.69, 9.17) is 0 Å². The summed E-state index contributed by atoms with van der Waals surface area (Å²) in [5.74, 6) is 1.23. The minimum atomic E-state index is -3.60. The molecule has 1 aliphatic carbocycles. The molecule has 22 heavy (non-hydrogen) atoms. The number of likely N-dealkylation sites (N-methyl/N-ethyl adjacent to an activating group) is 1. The molecular weight excluding hydrogens is 322 g/mol. The monoisotopic (exact) mass is 349 g/mol. The summed E-state index contributed by atoms with van der Waals surface area (Å²) in [4.78, 5) is 14.2. The van der Waals surface area contributed by atoms with Gasteiger partial charge in [0.2, 0.25) is 5.91 Å². The zero-order valence-corrected chi connectivity index (χ0v) is 15.7. The first-order valence-corrected chi connectivity index (χ1v) is 10.3.